The van der Waals surface area contributed by atoms with E-state index in [-0.39, 0.29) is 12.3 Å². The van der Waals surface area contributed by atoms with E-state index in [2.05, 4.69) is 4.98 Å². The third-order valence-electron chi connectivity index (χ3n) is 1.82. The lowest BCUT2D eigenvalue weighted by Gasteiger charge is -1.99. The minimum Gasteiger partial charge on any atom is -0.481 e. The lowest BCUT2D eigenvalue weighted by atomic mass is 10.2. The van der Waals surface area contributed by atoms with Gasteiger partial charge in [0.05, 0.1) is 0 Å². The number of hydrogen-bond donors (Lipinski definition) is 1. The maximum Gasteiger partial charge on any atom is 0.303 e. The van der Waals surface area contributed by atoms with Crippen LogP contribution in [0.15, 0.2) is 18.7 Å². The summed E-state index contributed by atoms with van der Waals surface area (Å²) in [6.45, 7) is 0. The van der Waals surface area contributed by atoms with Crippen LogP contribution in [0.2, 0.25) is 0 Å². The molecule has 0 bridgehead atoms. The van der Waals surface area contributed by atoms with Crippen LogP contribution in [0.4, 0.5) is 0 Å². The Hall–Kier alpha value is -1.65. The molecule has 0 aliphatic carbocycles. The molecule has 1 N–H and O–H groups in total. The Morgan fingerprint density at radius 1 is 1.29 bits per heavy atom. The maximum absolute atomic E-state index is 11.3. The lowest BCUT2D eigenvalue weighted by Crippen LogP contribution is -2.07. The first-order valence-electron chi connectivity index (χ1n) is 4.43. The Kier molecular flexibility index (Phi) is 3.84. The zero-order valence-electron chi connectivity index (χ0n) is 7.72. The molecule has 1 aromatic rings. The fraction of sp³-hybridized carbons (Fsp3) is 0.444. The van der Waals surface area contributed by atoms with Gasteiger partial charge in [0.1, 0.15) is 6.33 Å². The predicted octanol–water partition coefficient (Wildman–Crippen LogP) is 1.17. The van der Waals surface area contributed by atoms with Crippen molar-refractivity contribution >= 4 is 11.9 Å². The molecule has 1 rings (SSSR count). The molecule has 5 heteroatoms. The van der Waals surface area contributed by atoms with Crippen LogP contribution in [0.5, 0.6) is 0 Å². The molecule has 0 aliphatic rings. The van der Waals surface area contributed by atoms with E-state index in [1.54, 1.807) is 6.20 Å². The molecule has 1 aromatic heterocycles. The molecule has 0 fully saturated rings. The molecule has 0 radical (unpaired) electrons. The Bertz CT molecular complexity index is 306. The van der Waals surface area contributed by atoms with Gasteiger partial charge in [-0.3, -0.25) is 14.2 Å². The minimum absolute atomic E-state index is 0.0483. The Balaban J connectivity index is 2.19. The van der Waals surface area contributed by atoms with E-state index >= 15 is 0 Å². The minimum atomic E-state index is -0.819. The van der Waals surface area contributed by atoms with Crippen molar-refractivity contribution in [1.29, 1.82) is 0 Å². The average molecular weight is 196 g/mol. The van der Waals surface area contributed by atoms with Crippen molar-refractivity contribution in [2.75, 3.05) is 0 Å². The van der Waals surface area contributed by atoms with Crippen molar-refractivity contribution in [1.82, 2.24) is 9.55 Å². The summed E-state index contributed by atoms with van der Waals surface area (Å²) in [4.78, 5) is 25.2. The monoisotopic (exact) mass is 196 g/mol. The third kappa shape index (κ3) is 3.38. The van der Waals surface area contributed by atoms with Gasteiger partial charge in [0.2, 0.25) is 5.91 Å². The van der Waals surface area contributed by atoms with Gasteiger partial charge in [-0.15, -0.1) is 0 Å². The molecule has 1 heterocycles. The van der Waals surface area contributed by atoms with Gasteiger partial charge < -0.3 is 5.11 Å². The van der Waals surface area contributed by atoms with Gasteiger partial charge in [0.25, 0.3) is 0 Å². The first-order valence-corrected chi connectivity index (χ1v) is 4.43. The summed E-state index contributed by atoms with van der Waals surface area (Å²) in [6, 6.07) is 0. The number of carbonyl (C=O) groups is 2. The third-order valence-corrected chi connectivity index (χ3v) is 1.82. The first kappa shape index (κ1) is 10.4. The first-order chi connectivity index (χ1) is 6.70. The second-order valence-electron chi connectivity index (χ2n) is 2.96. The molecule has 0 atom stereocenters. The summed E-state index contributed by atoms with van der Waals surface area (Å²) in [5.41, 5.74) is 0. The van der Waals surface area contributed by atoms with Crippen LogP contribution in [-0.2, 0) is 4.79 Å². The van der Waals surface area contributed by atoms with Crippen LogP contribution in [0.25, 0.3) is 0 Å². The van der Waals surface area contributed by atoms with Gasteiger partial charge in [-0.05, 0) is 12.8 Å². The quantitative estimate of drug-likeness (QED) is 0.717. The normalized spacial score (nSPS) is 10.0. The number of carboxylic acids is 1. The zero-order valence-corrected chi connectivity index (χ0v) is 7.72. The average Bonchev–Trinajstić information content (AvgIpc) is 2.64. The number of nitrogens with zero attached hydrogens (tertiary/aromatic N) is 2. The molecule has 5 nitrogen and oxygen atoms in total. The largest absolute Gasteiger partial charge is 0.481 e. The zero-order chi connectivity index (χ0) is 10.4. The van der Waals surface area contributed by atoms with Gasteiger partial charge in [-0.1, -0.05) is 0 Å². The SMILES string of the molecule is O=C(O)CCCCC(=O)n1ccnc1. The molecule has 0 saturated heterocycles. The summed E-state index contributed by atoms with van der Waals surface area (Å²) in [5, 5.41) is 8.36. The molecule has 0 aromatic carbocycles. The predicted molar refractivity (Wildman–Crippen MR) is 49.0 cm³/mol. The summed E-state index contributed by atoms with van der Waals surface area (Å²) < 4.78 is 1.40. The number of aliphatic carboxylic acids is 1. The topological polar surface area (TPSA) is 72.2 Å². The smallest absolute Gasteiger partial charge is 0.303 e. The number of unbranched alkanes of at least 4 members (excludes halogenated alkanes) is 1. The molecule has 0 unspecified atom stereocenters. The molecule has 0 spiro atoms. The second-order valence-corrected chi connectivity index (χ2v) is 2.96. The number of carbonyl (C=O) groups excluding carboxylic acids is 1. The summed E-state index contributed by atoms with van der Waals surface area (Å²) in [5.74, 6) is -0.868. The van der Waals surface area contributed by atoms with E-state index < -0.39 is 5.97 Å². The van der Waals surface area contributed by atoms with Gasteiger partial charge in [-0.25, -0.2) is 4.98 Å². The highest BCUT2D eigenvalue weighted by atomic mass is 16.4. The van der Waals surface area contributed by atoms with E-state index in [1.165, 1.54) is 17.1 Å². The highest BCUT2D eigenvalue weighted by Crippen LogP contribution is 2.02. The lowest BCUT2D eigenvalue weighted by molar-refractivity contribution is -0.137. The van der Waals surface area contributed by atoms with Gasteiger partial charge in [0, 0.05) is 25.2 Å². The van der Waals surface area contributed by atoms with E-state index in [4.69, 9.17) is 5.11 Å². The molecule has 76 valence electrons. The Morgan fingerprint density at radius 2 is 2.00 bits per heavy atom. The molecular weight excluding hydrogens is 184 g/mol. The number of aromatic nitrogens is 2. The van der Waals surface area contributed by atoms with E-state index in [0.29, 0.717) is 19.3 Å². The number of rotatable bonds is 5. The summed E-state index contributed by atoms with van der Waals surface area (Å²) in [7, 11) is 0. The number of carboxylic acid groups (broad SMARTS) is 1. The van der Waals surface area contributed by atoms with Crippen molar-refractivity contribution in [3.05, 3.63) is 18.7 Å². The molecule has 0 aliphatic heterocycles. The van der Waals surface area contributed by atoms with Crippen LogP contribution < -0.4 is 0 Å². The van der Waals surface area contributed by atoms with Crippen molar-refractivity contribution in [2.45, 2.75) is 25.7 Å². The van der Waals surface area contributed by atoms with Gasteiger partial charge in [0.15, 0.2) is 0 Å². The Labute approximate surface area is 81.4 Å². The van der Waals surface area contributed by atoms with Crippen LogP contribution in [0.3, 0.4) is 0 Å². The standard InChI is InChI=1S/C9H12N2O3/c12-8(11-6-5-10-7-11)3-1-2-4-9(13)14/h5-7H,1-4H2,(H,13,14). The van der Waals surface area contributed by atoms with Crippen LogP contribution >= 0.6 is 0 Å². The van der Waals surface area contributed by atoms with Crippen LogP contribution in [0.1, 0.15) is 30.5 Å². The van der Waals surface area contributed by atoms with Crippen molar-refractivity contribution < 1.29 is 14.7 Å². The molecule has 0 saturated carbocycles. The van der Waals surface area contributed by atoms with Crippen LogP contribution in [-0.4, -0.2) is 26.5 Å². The van der Waals surface area contributed by atoms with Crippen molar-refractivity contribution in [3.63, 3.8) is 0 Å². The maximum atomic E-state index is 11.3. The van der Waals surface area contributed by atoms with Gasteiger partial charge >= 0.3 is 5.97 Å². The highest BCUT2D eigenvalue weighted by molar-refractivity contribution is 5.78. The molecule has 14 heavy (non-hydrogen) atoms. The van der Waals surface area contributed by atoms with Crippen molar-refractivity contribution in [2.24, 2.45) is 0 Å². The number of imidazole rings is 1. The summed E-state index contributed by atoms with van der Waals surface area (Å²) in [6.07, 6.45) is 6.19. The number of hydrogen-bond acceptors (Lipinski definition) is 3. The van der Waals surface area contributed by atoms with Crippen molar-refractivity contribution in [3.8, 4) is 0 Å². The molecular formula is C9H12N2O3. The second kappa shape index (κ2) is 5.16. The fourth-order valence-corrected chi connectivity index (χ4v) is 1.09. The highest BCUT2D eigenvalue weighted by Gasteiger charge is 2.04. The summed E-state index contributed by atoms with van der Waals surface area (Å²) >= 11 is 0. The van der Waals surface area contributed by atoms with Gasteiger partial charge in [-0.2, -0.15) is 0 Å². The van der Waals surface area contributed by atoms with E-state index in [9.17, 15) is 9.59 Å². The van der Waals surface area contributed by atoms with E-state index in [0.717, 1.165) is 0 Å². The molecule has 0 amide bonds. The Morgan fingerprint density at radius 3 is 2.57 bits per heavy atom. The van der Waals surface area contributed by atoms with E-state index in [1.807, 2.05) is 0 Å². The fourth-order valence-electron chi connectivity index (χ4n) is 1.09. The van der Waals surface area contributed by atoms with Crippen LogP contribution in [0, 0.1) is 0 Å².